The Morgan fingerprint density at radius 3 is 1.20 bits per heavy atom. The van der Waals surface area contributed by atoms with Crippen LogP contribution in [0, 0.1) is 40.7 Å². The Labute approximate surface area is 110 Å². The van der Waals surface area contributed by atoms with Crippen LogP contribution in [0.1, 0.15) is 13.8 Å². The van der Waals surface area contributed by atoms with Crippen molar-refractivity contribution in [2.24, 2.45) is 0 Å². The highest BCUT2D eigenvalue weighted by atomic mass is 19.2. The van der Waals surface area contributed by atoms with E-state index < -0.39 is 57.0 Å². The topological polar surface area (TPSA) is 0 Å². The maximum absolute atomic E-state index is 13.4. The summed E-state index contributed by atoms with van der Waals surface area (Å²) in [6, 6.07) is 0. The van der Waals surface area contributed by atoms with Gasteiger partial charge >= 0.3 is 0 Å². The molecule has 0 spiro atoms. The molecule has 0 nitrogen and oxygen atoms in total. The van der Waals surface area contributed by atoms with Crippen molar-refractivity contribution in [1.29, 1.82) is 0 Å². The van der Waals surface area contributed by atoms with Gasteiger partial charge in [0.15, 0.2) is 34.9 Å². The second-order valence-electron chi connectivity index (χ2n) is 3.36. The lowest BCUT2D eigenvalue weighted by atomic mass is 9.90. The van der Waals surface area contributed by atoms with Crippen LogP contribution in [0.25, 0.3) is 10.8 Å². The van der Waals surface area contributed by atoms with Gasteiger partial charge in [0.1, 0.15) is 13.7 Å². The SMILES string of the molecule is CC.[B]c1c(F)c(F)c2c(F)c(F)c(F)c(F)c2c1F. The molecule has 2 aromatic rings. The van der Waals surface area contributed by atoms with E-state index >= 15 is 0 Å². The molecule has 0 unspecified atom stereocenters. The molecule has 0 aliphatic rings. The van der Waals surface area contributed by atoms with E-state index in [4.69, 9.17) is 7.85 Å². The third kappa shape index (κ3) is 2.12. The molecule has 106 valence electrons. The van der Waals surface area contributed by atoms with E-state index in [1.165, 1.54) is 0 Å². The van der Waals surface area contributed by atoms with Crippen molar-refractivity contribution in [3.63, 3.8) is 0 Å². The van der Waals surface area contributed by atoms with Crippen molar-refractivity contribution in [3.8, 4) is 0 Å². The van der Waals surface area contributed by atoms with Gasteiger partial charge in [-0.3, -0.25) is 0 Å². The highest BCUT2D eigenvalue weighted by Gasteiger charge is 2.28. The number of hydrogen-bond acceptors (Lipinski definition) is 0. The van der Waals surface area contributed by atoms with Crippen molar-refractivity contribution in [1.82, 2.24) is 0 Å². The lowest BCUT2D eigenvalue weighted by Crippen LogP contribution is -2.19. The first-order valence-electron chi connectivity index (χ1n) is 5.36. The Kier molecular flexibility index (Phi) is 4.67. The summed E-state index contributed by atoms with van der Waals surface area (Å²) in [6.45, 7) is 4.00. The maximum Gasteiger partial charge on any atom is 0.198 e. The number of hydrogen-bond donors (Lipinski definition) is 0. The van der Waals surface area contributed by atoms with Gasteiger partial charge < -0.3 is 0 Å². The zero-order valence-corrected chi connectivity index (χ0v) is 10.2. The summed E-state index contributed by atoms with van der Waals surface area (Å²) in [4.78, 5) is 0. The maximum atomic E-state index is 13.4. The minimum Gasteiger partial charge on any atom is -0.207 e. The molecule has 2 aromatic carbocycles. The zero-order valence-electron chi connectivity index (χ0n) is 10.2. The molecule has 0 saturated carbocycles. The average Bonchev–Trinajstić information content (AvgIpc) is 2.46. The minimum absolute atomic E-state index is 1.45. The Morgan fingerprint density at radius 2 is 0.800 bits per heavy atom. The number of benzene rings is 2. The van der Waals surface area contributed by atoms with Gasteiger partial charge in [0.05, 0.1) is 10.8 Å². The molecule has 2 rings (SSSR count). The predicted octanol–water partition coefficient (Wildman–Crippen LogP) is 3.63. The average molecular weight is 294 g/mol. The van der Waals surface area contributed by atoms with Crippen molar-refractivity contribution in [2.75, 3.05) is 0 Å². The third-order valence-electron chi connectivity index (χ3n) is 2.37. The summed E-state index contributed by atoms with van der Waals surface area (Å²) < 4.78 is 91.8. The van der Waals surface area contributed by atoms with E-state index in [1.807, 2.05) is 13.8 Å². The fourth-order valence-electron chi connectivity index (χ4n) is 1.50. The smallest absolute Gasteiger partial charge is 0.198 e. The molecule has 2 radical (unpaired) electrons. The monoisotopic (exact) mass is 294 g/mol. The summed E-state index contributed by atoms with van der Waals surface area (Å²) in [5, 5.41) is -3.25. The van der Waals surface area contributed by atoms with Crippen LogP contribution in [-0.2, 0) is 0 Å². The molecule has 0 aliphatic carbocycles. The van der Waals surface area contributed by atoms with E-state index in [2.05, 4.69) is 0 Å². The van der Waals surface area contributed by atoms with Crippen LogP contribution in [-0.4, -0.2) is 7.85 Å². The lowest BCUT2D eigenvalue weighted by molar-refractivity contribution is 0.412. The summed E-state index contributed by atoms with van der Waals surface area (Å²) in [5.41, 5.74) is -1.45. The summed E-state index contributed by atoms with van der Waals surface area (Å²) >= 11 is 0. The first-order chi connectivity index (χ1) is 9.29. The molecule has 0 N–H and O–H groups in total. The van der Waals surface area contributed by atoms with Gasteiger partial charge in [-0.15, -0.1) is 0 Å². The molecular weight excluding hydrogens is 288 g/mol. The molecule has 0 amide bonds. The number of halogens is 7. The number of rotatable bonds is 0. The van der Waals surface area contributed by atoms with Gasteiger partial charge in [-0.05, 0) is 5.46 Å². The Hall–Kier alpha value is -1.73. The van der Waals surface area contributed by atoms with Crippen LogP contribution < -0.4 is 5.46 Å². The lowest BCUT2D eigenvalue weighted by Gasteiger charge is -2.10. The van der Waals surface area contributed by atoms with E-state index in [9.17, 15) is 30.7 Å². The largest absolute Gasteiger partial charge is 0.207 e. The fraction of sp³-hybridized carbons (Fsp3) is 0.167. The molecule has 0 aliphatic heterocycles. The van der Waals surface area contributed by atoms with Crippen LogP contribution in [0.4, 0.5) is 30.7 Å². The molecule has 0 fully saturated rings. The first-order valence-corrected chi connectivity index (χ1v) is 5.36. The van der Waals surface area contributed by atoms with Crippen molar-refractivity contribution < 1.29 is 30.7 Å². The van der Waals surface area contributed by atoms with E-state index in [0.717, 1.165) is 0 Å². The molecule has 0 aromatic heterocycles. The minimum atomic E-state index is -2.37. The molecular formula is C12H6BF7. The van der Waals surface area contributed by atoms with Crippen LogP contribution in [0.5, 0.6) is 0 Å². The van der Waals surface area contributed by atoms with Crippen molar-refractivity contribution >= 4 is 24.1 Å². The van der Waals surface area contributed by atoms with Gasteiger partial charge in [-0.2, -0.15) is 0 Å². The van der Waals surface area contributed by atoms with Gasteiger partial charge in [0, 0.05) is 0 Å². The molecule has 0 bridgehead atoms. The normalized spacial score (nSPS) is 10.4. The molecule has 0 heterocycles. The van der Waals surface area contributed by atoms with Crippen LogP contribution in [0.2, 0.25) is 0 Å². The number of fused-ring (bicyclic) bond motifs is 1. The fourth-order valence-corrected chi connectivity index (χ4v) is 1.50. The molecule has 20 heavy (non-hydrogen) atoms. The van der Waals surface area contributed by atoms with Gasteiger partial charge in [-0.25, -0.2) is 30.7 Å². The zero-order chi connectivity index (χ0) is 15.8. The molecule has 0 saturated heterocycles. The second kappa shape index (κ2) is 5.72. The predicted molar refractivity (Wildman–Crippen MR) is 60.4 cm³/mol. The molecule has 0 atom stereocenters. The second-order valence-corrected chi connectivity index (χ2v) is 3.36. The van der Waals surface area contributed by atoms with Gasteiger partial charge in [0.2, 0.25) is 0 Å². The summed E-state index contributed by atoms with van der Waals surface area (Å²) in [6.07, 6.45) is 0. The van der Waals surface area contributed by atoms with Crippen molar-refractivity contribution in [3.05, 3.63) is 40.7 Å². The third-order valence-corrected chi connectivity index (χ3v) is 2.37. The van der Waals surface area contributed by atoms with Crippen LogP contribution in [0.15, 0.2) is 0 Å². The van der Waals surface area contributed by atoms with E-state index in [1.54, 1.807) is 0 Å². The van der Waals surface area contributed by atoms with E-state index in [0.29, 0.717) is 0 Å². The standard InChI is InChI=1S/C10BF7.C2H6/c11-3-4(12)1-2(5(13)8(3)16)7(15)10(18)9(17)6(1)14;1-2/h;1-2H3. The quantitative estimate of drug-likeness (QED) is 0.301. The highest BCUT2D eigenvalue weighted by molar-refractivity contribution is 6.33. The van der Waals surface area contributed by atoms with Crippen LogP contribution in [0.3, 0.4) is 0 Å². The summed E-state index contributed by atoms with van der Waals surface area (Å²) in [7, 11) is 4.76. The Balaban J connectivity index is 0.000000956. The Morgan fingerprint density at radius 1 is 0.500 bits per heavy atom. The van der Waals surface area contributed by atoms with Crippen LogP contribution >= 0.6 is 0 Å². The first kappa shape index (κ1) is 16.3. The Bertz CT molecular complexity index is 569. The van der Waals surface area contributed by atoms with E-state index in [-0.39, 0.29) is 0 Å². The van der Waals surface area contributed by atoms with Gasteiger partial charge in [-0.1, -0.05) is 13.8 Å². The summed E-state index contributed by atoms with van der Waals surface area (Å²) in [5.74, 6) is -15.2. The van der Waals surface area contributed by atoms with Crippen molar-refractivity contribution in [2.45, 2.75) is 13.8 Å². The van der Waals surface area contributed by atoms with Gasteiger partial charge in [0.25, 0.3) is 0 Å². The highest BCUT2D eigenvalue weighted by Crippen LogP contribution is 2.30. The molecule has 8 heteroatoms.